The van der Waals surface area contributed by atoms with Gasteiger partial charge in [0.25, 0.3) is 5.69 Å². The number of anilines is 2. The lowest BCUT2D eigenvalue weighted by molar-refractivity contribution is -0.384. The summed E-state index contributed by atoms with van der Waals surface area (Å²) in [5.41, 5.74) is 0.234. The van der Waals surface area contributed by atoms with Crippen molar-refractivity contribution in [3.63, 3.8) is 0 Å². The summed E-state index contributed by atoms with van der Waals surface area (Å²) < 4.78 is 39.5. The first-order valence-corrected chi connectivity index (χ1v) is 8.27. The van der Waals surface area contributed by atoms with Crippen molar-refractivity contribution in [1.82, 2.24) is 0 Å². The van der Waals surface area contributed by atoms with E-state index in [-0.39, 0.29) is 28.6 Å². The Bertz CT molecular complexity index is 894. The number of nitro benzene ring substituents is 1. The van der Waals surface area contributed by atoms with E-state index in [0.717, 1.165) is 0 Å². The highest BCUT2D eigenvalue weighted by Crippen LogP contribution is 2.32. The molecule has 0 radical (unpaired) electrons. The second-order valence-electron chi connectivity index (χ2n) is 5.74. The number of benzene rings is 2. The van der Waals surface area contributed by atoms with Gasteiger partial charge in [0.15, 0.2) is 11.5 Å². The lowest BCUT2D eigenvalue weighted by Crippen LogP contribution is -2.32. The zero-order valence-electron chi connectivity index (χ0n) is 15.8. The van der Waals surface area contributed by atoms with Gasteiger partial charge in [-0.15, -0.1) is 0 Å². The summed E-state index contributed by atoms with van der Waals surface area (Å²) in [6, 6.07) is 7.16. The number of alkyl halides is 2. The Balaban J connectivity index is 2.15. The third kappa shape index (κ3) is 5.67. The number of nitrogens with zero attached hydrogens (tertiary/aromatic N) is 1. The fraction of sp³-hybridized carbons (Fsp3) is 0.278. The molecule has 0 bridgehead atoms. The highest BCUT2D eigenvalue weighted by atomic mass is 19.3. The van der Waals surface area contributed by atoms with Gasteiger partial charge in [-0.2, -0.15) is 8.78 Å². The Morgan fingerprint density at radius 2 is 1.72 bits per heavy atom. The van der Waals surface area contributed by atoms with Crippen molar-refractivity contribution in [2.24, 2.45) is 0 Å². The average molecular weight is 411 g/mol. The topological polar surface area (TPSA) is 112 Å². The van der Waals surface area contributed by atoms with Crippen molar-refractivity contribution < 1.29 is 32.7 Å². The summed E-state index contributed by atoms with van der Waals surface area (Å²) in [7, 11) is 2.67. The van der Waals surface area contributed by atoms with E-state index in [2.05, 4.69) is 15.4 Å². The van der Waals surface area contributed by atoms with Crippen LogP contribution in [0.2, 0.25) is 0 Å². The summed E-state index contributed by atoms with van der Waals surface area (Å²) in [5, 5.41) is 16.3. The minimum Gasteiger partial charge on any atom is -0.495 e. The number of hydrogen-bond donors (Lipinski definition) is 2. The zero-order chi connectivity index (χ0) is 21.6. The van der Waals surface area contributed by atoms with Crippen molar-refractivity contribution in [1.29, 1.82) is 0 Å². The van der Waals surface area contributed by atoms with Crippen LogP contribution in [0.3, 0.4) is 0 Å². The first-order valence-electron chi connectivity index (χ1n) is 8.27. The molecule has 0 saturated carbocycles. The molecule has 0 saturated heterocycles. The fourth-order valence-corrected chi connectivity index (χ4v) is 2.42. The largest absolute Gasteiger partial charge is 0.495 e. The molecule has 0 aromatic heterocycles. The highest BCUT2D eigenvalue weighted by Gasteiger charge is 2.19. The SMILES string of the molecule is COc1ccc([N+](=O)[O-])cc1NC(=O)C(C)Nc1ccc(OC)c(OC(F)F)c1. The van der Waals surface area contributed by atoms with E-state index < -0.39 is 23.5 Å². The first kappa shape index (κ1) is 21.7. The molecule has 2 aromatic carbocycles. The van der Waals surface area contributed by atoms with Crippen LogP contribution in [0.25, 0.3) is 0 Å². The predicted octanol–water partition coefficient (Wildman–Crippen LogP) is 3.65. The molecule has 0 aliphatic carbocycles. The van der Waals surface area contributed by atoms with Crippen molar-refractivity contribution >= 4 is 23.0 Å². The maximum absolute atomic E-state index is 12.5. The summed E-state index contributed by atoms with van der Waals surface area (Å²) in [6.07, 6.45) is 0. The number of nitrogens with one attached hydrogen (secondary N) is 2. The standard InChI is InChI=1S/C18H19F2N3O6/c1-10(21-11-4-6-15(28-3)16(8-11)29-18(19)20)17(24)22-13-9-12(23(25)26)5-7-14(13)27-2/h4-10,18,21H,1-3H3,(H,22,24). The predicted molar refractivity (Wildman–Crippen MR) is 101 cm³/mol. The van der Waals surface area contributed by atoms with Crippen molar-refractivity contribution in [2.45, 2.75) is 19.6 Å². The molecule has 0 aliphatic rings. The van der Waals surface area contributed by atoms with Crippen LogP contribution in [0.4, 0.5) is 25.8 Å². The first-order chi connectivity index (χ1) is 13.7. The summed E-state index contributed by atoms with van der Waals surface area (Å²) >= 11 is 0. The number of carbonyl (C=O) groups is 1. The molecule has 0 spiro atoms. The molecule has 0 fully saturated rings. The smallest absolute Gasteiger partial charge is 0.387 e. The van der Waals surface area contributed by atoms with Gasteiger partial charge in [-0.3, -0.25) is 14.9 Å². The van der Waals surface area contributed by atoms with Gasteiger partial charge in [0.05, 0.1) is 24.8 Å². The number of methoxy groups -OCH3 is 2. The Morgan fingerprint density at radius 3 is 2.31 bits per heavy atom. The van der Waals surface area contributed by atoms with Crippen molar-refractivity contribution in [3.05, 3.63) is 46.5 Å². The molecule has 2 aromatic rings. The van der Waals surface area contributed by atoms with Crippen LogP contribution < -0.4 is 24.8 Å². The van der Waals surface area contributed by atoms with Gasteiger partial charge in [0.1, 0.15) is 11.8 Å². The molecule has 1 atom stereocenters. The number of ether oxygens (including phenoxy) is 3. The highest BCUT2D eigenvalue weighted by molar-refractivity contribution is 5.97. The van der Waals surface area contributed by atoms with E-state index >= 15 is 0 Å². The Morgan fingerprint density at radius 1 is 1.07 bits per heavy atom. The van der Waals surface area contributed by atoms with Crippen LogP contribution in [0, 0.1) is 10.1 Å². The number of rotatable bonds is 9. The molecule has 2 N–H and O–H groups in total. The molecule has 2 rings (SSSR count). The quantitative estimate of drug-likeness (QED) is 0.478. The molecule has 11 heteroatoms. The number of non-ortho nitro benzene ring substituents is 1. The van der Waals surface area contributed by atoms with Crippen molar-refractivity contribution in [2.75, 3.05) is 24.9 Å². The van der Waals surface area contributed by atoms with Gasteiger partial charge < -0.3 is 24.8 Å². The minimum atomic E-state index is -3.04. The van der Waals surface area contributed by atoms with Crippen LogP contribution in [0.15, 0.2) is 36.4 Å². The second-order valence-corrected chi connectivity index (χ2v) is 5.74. The molecule has 29 heavy (non-hydrogen) atoms. The summed E-state index contributed by atoms with van der Waals surface area (Å²) in [6.45, 7) is -1.52. The molecule has 9 nitrogen and oxygen atoms in total. The van der Waals surface area contributed by atoms with E-state index in [4.69, 9.17) is 9.47 Å². The van der Waals surface area contributed by atoms with E-state index in [1.54, 1.807) is 0 Å². The van der Waals surface area contributed by atoms with Crippen LogP contribution in [0.5, 0.6) is 17.2 Å². The van der Waals surface area contributed by atoms with Crippen LogP contribution in [-0.2, 0) is 4.79 Å². The molecule has 1 unspecified atom stereocenters. The van der Waals surface area contributed by atoms with Gasteiger partial charge in [-0.1, -0.05) is 0 Å². The van der Waals surface area contributed by atoms with Crippen LogP contribution >= 0.6 is 0 Å². The molecular weight excluding hydrogens is 392 g/mol. The normalized spacial score (nSPS) is 11.5. The van der Waals surface area contributed by atoms with Gasteiger partial charge in [-0.05, 0) is 25.1 Å². The van der Waals surface area contributed by atoms with Gasteiger partial charge in [-0.25, -0.2) is 0 Å². The second kappa shape index (κ2) is 9.53. The maximum Gasteiger partial charge on any atom is 0.387 e. The van der Waals surface area contributed by atoms with Crippen LogP contribution in [0.1, 0.15) is 6.92 Å². The number of halogens is 2. The maximum atomic E-state index is 12.5. The van der Waals surface area contributed by atoms with Gasteiger partial charge in [0, 0.05) is 23.9 Å². The third-order valence-electron chi connectivity index (χ3n) is 3.81. The number of nitro groups is 1. The zero-order valence-corrected chi connectivity index (χ0v) is 15.8. The van der Waals surface area contributed by atoms with E-state index in [9.17, 15) is 23.7 Å². The molecule has 0 aliphatic heterocycles. The van der Waals surface area contributed by atoms with E-state index in [0.29, 0.717) is 5.69 Å². The number of hydrogen-bond acceptors (Lipinski definition) is 7. The monoisotopic (exact) mass is 411 g/mol. The van der Waals surface area contributed by atoms with Gasteiger partial charge in [0.2, 0.25) is 5.91 Å². The number of amides is 1. The molecule has 156 valence electrons. The molecule has 0 heterocycles. The number of carbonyl (C=O) groups excluding carboxylic acids is 1. The van der Waals surface area contributed by atoms with Crippen molar-refractivity contribution in [3.8, 4) is 17.2 Å². The lowest BCUT2D eigenvalue weighted by Gasteiger charge is -2.18. The molecule has 1 amide bonds. The third-order valence-corrected chi connectivity index (χ3v) is 3.81. The fourth-order valence-electron chi connectivity index (χ4n) is 2.42. The minimum absolute atomic E-state index is 0.106. The summed E-state index contributed by atoms with van der Waals surface area (Å²) in [4.78, 5) is 22.8. The van der Waals surface area contributed by atoms with E-state index in [1.165, 1.54) is 57.5 Å². The Hall–Kier alpha value is -3.63. The average Bonchev–Trinajstić information content (AvgIpc) is 2.67. The lowest BCUT2D eigenvalue weighted by atomic mass is 10.2. The summed E-state index contributed by atoms with van der Waals surface area (Å²) in [5.74, 6) is -0.376. The van der Waals surface area contributed by atoms with Crippen LogP contribution in [-0.4, -0.2) is 37.7 Å². The Kier molecular flexibility index (Phi) is 7.12. The molecular formula is C18H19F2N3O6. The van der Waals surface area contributed by atoms with Gasteiger partial charge >= 0.3 is 6.61 Å². The Labute approximate surface area is 164 Å². The van der Waals surface area contributed by atoms with E-state index in [1.807, 2.05) is 0 Å².